The van der Waals surface area contributed by atoms with Crippen molar-refractivity contribution in [3.63, 3.8) is 0 Å². The van der Waals surface area contributed by atoms with E-state index in [2.05, 4.69) is 15.7 Å². The molecule has 1 heterocycles. The highest BCUT2D eigenvalue weighted by Crippen LogP contribution is 2.21. The van der Waals surface area contributed by atoms with Gasteiger partial charge in [-0.3, -0.25) is 15.6 Å². The Bertz CT molecular complexity index is 422. The number of pyridine rings is 1. The summed E-state index contributed by atoms with van der Waals surface area (Å²) in [5, 5.41) is 2.23. The molecule has 0 aliphatic heterocycles. The van der Waals surface area contributed by atoms with Crippen molar-refractivity contribution in [2.75, 3.05) is 5.43 Å². The molecule has 0 aromatic carbocycles. The number of nitrogens with one attached hydrogen (secondary N) is 2. The summed E-state index contributed by atoms with van der Waals surface area (Å²) in [6, 6.07) is 0.423. The molecule has 0 fully saturated rings. The number of carbonyl (C=O) groups excluding carboxylic acids is 1. The van der Waals surface area contributed by atoms with Gasteiger partial charge in [0.15, 0.2) is 0 Å². The van der Waals surface area contributed by atoms with Crippen molar-refractivity contribution in [3.8, 4) is 0 Å². The van der Waals surface area contributed by atoms with E-state index in [9.17, 15) is 18.0 Å². The quantitative estimate of drug-likeness (QED) is 0.566. The number of nitrogens with zero attached hydrogens (tertiary/aromatic N) is 1. The molecule has 1 rings (SSSR count). The lowest BCUT2D eigenvalue weighted by molar-refractivity contribution is -0.138. The molecule has 0 aliphatic carbocycles. The van der Waals surface area contributed by atoms with Gasteiger partial charge in [-0.2, -0.15) is 13.2 Å². The summed E-state index contributed by atoms with van der Waals surface area (Å²) in [7, 11) is 0. The first-order valence-corrected chi connectivity index (χ1v) is 5.11. The molecule has 5 nitrogen and oxygen atoms in total. The Kier molecular flexibility index (Phi) is 4.49. The molecule has 0 bridgehead atoms. The summed E-state index contributed by atoms with van der Waals surface area (Å²) < 4.78 is 36.3. The van der Waals surface area contributed by atoms with Crippen molar-refractivity contribution in [2.24, 2.45) is 5.84 Å². The lowest BCUT2D eigenvalue weighted by atomic mass is 10.2. The minimum absolute atomic E-state index is 0.0917. The second kappa shape index (κ2) is 5.67. The lowest BCUT2D eigenvalue weighted by Gasteiger charge is -2.16. The Balaban J connectivity index is 2.71. The minimum Gasteiger partial charge on any atom is -0.349 e. The fourth-order valence-corrected chi connectivity index (χ4v) is 1.40. The number of aromatic nitrogens is 1. The summed E-state index contributed by atoms with van der Waals surface area (Å²) in [6.07, 6.45) is -2.78. The molecule has 0 aliphatic rings. The molecule has 0 spiro atoms. The van der Waals surface area contributed by atoms with Gasteiger partial charge in [0.25, 0.3) is 5.91 Å². The average Bonchev–Trinajstić information content (AvgIpc) is 2.26. The van der Waals surface area contributed by atoms with Crippen molar-refractivity contribution < 1.29 is 18.0 Å². The number of alkyl halides is 3. The van der Waals surface area contributed by atoms with Crippen molar-refractivity contribution in [1.29, 1.82) is 0 Å². The van der Waals surface area contributed by atoms with Crippen LogP contribution in [-0.2, 0) is 0 Å². The second-order valence-electron chi connectivity index (χ2n) is 3.76. The van der Waals surface area contributed by atoms with Gasteiger partial charge in [-0.1, -0.05) is 0 Å². The summed E-state index contributed by atoms with van der Waals surface area (Å²) in [5.41, 5.74) is 2.66. The zero-order chi connectivity index (χ0) is 13.8. The molecular weight excluding hydrogens is 249 g/mol. The fraction of sp³-hybridized carbons (Fsp3) is 0.400. The van der Waals surface area contributed by atoms with Crippen LogP contribution in [0.15, 0.2) is 18.5 Å². The largest absolute Gasteiger partial charge is 0.391 e. The Morgan fingerprint density at radius 3 is 2.78 bits per heavy atom. The Hall–Kier alpha value is -1.83. The summed E-state index contributed by atoms with van der Waals surface area (Å²) in [4.78, 5) is 15.4. The molecule has 100 valence electrons. The second-order valence-corrected chi connectivity index (χ2v) is 3.76. The van der Waals surface area contributed by atoms with Crippen LogP contribution < -0.4 is 16.6 Å². The predicted molar refractivity (Wildman–Crippen MR) is 59.6 cm³/mol. The van der Waals surface area contributed by atoms with E-state index >= 15 is 0 Å². The van der Waals surface area contributed by atoms with Gasteiger partial charge in [0.05, 0.1) is 17.7 Å². The number of amides is 1. The third kappa shape index (κ3) is 4.21. The van der Waals surface area contributed by atoms with E-state index in [0.29, 0.717) is 5.69 Å². The zero-order valence-corrected chi connectivity index (χ0v) is 9.58. The number of carbonyl (C=O) groups is 1. The normalized spacial score (nSPS) is 12.9. The topological polar surface area (TPSA) is 80.0 Å². The van der Waals surface area contributed by atoms with E-state index in [4.69, 9.17) is 5.84 Å². The number of rotatable bonds is 4. The molecule has 8 heteroatoms. The highest BCUT2D eigenvalue weighted by Gasteiger charge is 2.30. The highest BCUT2D eigenvalue weighted by molar-refractivity contribution is 5.99. The van der Waals surface area contributed by atoms with Crippen molar-refractivity contribution in [2.45, 2.75) is 25.6 Å². The third-order valence-electron chi connectivity index (χ3n) is 2.14. The first-order valence-electron chi connectivity index (χ1n) is 5.11. The van der Waals surface area contributed by atoms with E-state index < -0.39 is 24.5 Å². The molecule has 0 saturated heterocycles. The predicted octanol–water partition coefficient (Wildman–Crippen LogP) is 1.44. The molecule has 1 aromatic heterocycles. The third-order valence-corrected chi connectivity index (χ3v) is 2.14. The van der Waals surface area contributed by atoms with Gasteiger partial charge in [0.2, 0.25) is 0 Å². The average molecular weight is 262 g/mol. The van der Waals surface area contributed by atoms with E-state index in [0.717, 1.165) is 0 Å². The Labute approximate surface area is 102 Å². The number of hydrogen-bond donors (Lipinski definition) is 3. The van der Waals surface area contributed by atoms with Gasteiger partial charge in [-0.05, 0) is 13.0 Å². The highest BCUT2D eigenvalue weighted by atomic mass is 19.4. The van der Waals surface area contributed by atoms with Gasteiger partial charge in [0.1, 0.15) is 0 Å². The smallest absolute Gasteiger partial charge is 0.349 e. The monoisotopic (exact) mass is 262 g/mol. The van der Waals surface area contributed by atoms with Crippen molar-refractivity contribution >= 4 is 11.6 Å². The Morgan fingerprint density at radius 1 is 1.56 bits per heavy atom. The van der Waals surface area contributed by atoms with Gasteiger partial charge < -0.3 is 10.7 Å². The summed E-state index contributed by atoms with van der Waals surface area (Å²) in [6.45, 7) is 1.28. The molecule has 18 heavy (non-hydrogen) atoms. The summed E-state index contributed by atoms with van der Waals surface area (Å²) in [5.74, 6) is 4.52. The van der Waals surface area contributed by atoms with Crippen LogP contribution in [-0.4, -0.2) is 23.1 Å². The van der Waals surface area contributed by atoms with Crippen LogP contribution in [0.4, 0.5) is 18.9 Å². The van der Waals surface area contributed by atoms with Gasteiger partial charge >= 0.3 is 6.18 Å². The van der Waals surface area contributed by atoms with E-state index in [-0.39, 0.29) is 5.56 Å². The molecule has 0 radical (unpaired) electrons. The molecule has 1 amide bonds. The minimum atomic E-state index is -4.32. The van der Waals surface area contributed by atoms with Crippen molar-refractivity contribution in [1.82, 2.24) is 10.3 Å². The number of nitrogens with two attached hydrogens (primary N) is 1. The first-order chi connectivity index (χ1) is 8.33. The van der Waals surface area contributed by atoms with Crippen LogP contribution in [0.25, 0.3) is 0 Å². The van der Waals surface area contributed by atoms with Crippen LogP contribution in [0.5, 0.6) is 0 Å². The number of anilines is 1. The van der Waals surface area contributed by atoms with Crippen LogP contribution in [0.2, 0.25) is 0 Å². The van der Waals surface area contributed by atoms with Crippen LogP contribution >= 0.6 is 0 Å². The van der Waals surface area contributed by atoms with Crippen LogP contribution in [0.3, 0.4) is 0 Å². The van der Waals surface area contributed by atoms with E-state index in [1.165, 1.54) is 25.4 Å². The SMILES string of the molecule is CC(CC(F)(F)F)NC(=O)c1cnccc1NN. The zero-order valence-electron chi connectivity index (χ0n) is 9.58. The maximum Gasteiger partial charge on any atom is 0.391 e. The van der Waals surface area contributed by atoms with E-state index in [1.807, 2.05) is 0 Å². The summed E-state index contributed by atoms with van der Waals surface area (Å²) >= 11 is 0. The number of hydrazine groups is 1. The van der Waals surface area contributed by atoms with Crippen molar-refractivity contribution in [3.05, 3.63) is 24.0 Å². The molecule has 4 N–H and O–H groups in total. The molecular formula is C10H13F3N4O. The number of hydrogen-bond acceptors (Lipinski definition) is 4. The molecule has 0 saturated carbocycles. The maximum atomic E-state index is 12.1. The first kappa shape index (κ1) is 14.2. The lowest BCUT2D eigenvalue weighted by Crippen LogP contribution is -2.36. The standard InChI is InChI=1S/C10H13F3N4O/c1-6(4-10(11,12)13)16-9(18)7-5-15-3-2-8(7)17-14/h2-3,5-6H,4,14H2,1H3,(H,15,17)(H,16,18). The van der Waals surface area contributed by atoms with Crippen LogP contribution in [0, 0.1) is 0 Å². The van der Waals surface area contributed by atoms with E-state index in [1.54, 1.807) is 0 Å². The van der Waals surface area contributed by atoms with Gasteiger partial charge in [-0.25, -0.2) is 0 Å². The molecule has 1 unspecified atom stereocenters. The fourth-order valence-electron chi connectivity index (χ4n) is 1.40. The Morgan fingerprint density at radius 2 is 2.22 bits per heavy atom. The molecule has 1 atom stereocenters. The maximum absolute atomic E-state index is 12.1. The number of halogens is 3. The van der Waals surface area contributed by atoms with Gasteiger partial charge in [-0.15, -0.1) is 0 Å². The molecule has 1 aromatic rings. The number of nitrogen functional groups attached to an aromatic ring is 1. The van der Waals surface area contributed by atoms with Gasteiger partial charge in [0, 0.05) is 18.4 Å². The van der Waals surface area contributed by atoms with Crippen LogP contribution in [0.1, 0.15) is 23.7 Å².